The topological polar surface area (TPSA) is 92.7 Å². The van der Waals surface area contributed by atoms with Crippen LogP contribution < -0.4 is 0 Å². The molecule has 0 amide bonds. The minimum atomic E-state index is -2.07. The predicted molar refractivity (Wildman–Crippen MR) is 182 cm³/mol. The van der Waals surface area contributed by atoms with Gasteiger partial charge in [0, 0.05) is 35.7 Å². The third-order valence-electron chi connectivity index (χ3n) is 13.0. The van der Waals surface area contributed by atoms with Crippen LogP contribution in [0.1, 0.15) is 107 Å². The van der Waals surface area contributed by atoms with E-state index in [9.17, 15) is 9.90 Å². The highest BCUT2D eigenvalue weighted by Gasteiger charge is 2.75. The molecule has 1 aromatic rings. The molecule has 1 unspecified atom stereocenters. The summed E-state index contributed by atoms with van der Waals surface area (Å²) in [5, 5.41) is 12.9. The van der Waals surface area contributed by atoms with Gasteiger partial charge in [0.25, 0.3) is 0 Å². The number of aliphatic hydroxyl groups is 1. The van der Waals surface area contributed by atoms with Crippen molar-refractivity contribution in [2.24, 2.45) is 16.7 Å². The van der Waals surface area contributed by atoms with Gasteiger partial charge in [0.15, 0.2) is 20.4 Å². The van der Waals surface area contributed by atoms with Gasteiger partial charge in [-0.25, -0.2) is 0 Å². The number of esters is 1. The quantitative estimate of drug-likeness (QED) is 0.172. The van der Waals surface area contributed by atoms with Crippen molar-refractivity contribution in [3.8, 4) is 0 Å². The summed E-state index contributed by atoms with van der Waals surface area (Å²) in [5.41, 5.74) is -0.134. The Hall–Kier alpha value is -1.59. The summed E-state index contributed by atoms with van der Waals surface area (Å²) in [6.07, 6.45) is 0.466. The van der Waals surface area contributed by atoms with Gasteiger partial charge in [0.1, 0.15) is 23.9 Å². The molecule has 8 nitrogen and oxygen atoms in total. The number of ether oxygens (including phenoxy) is 5. The SMILES string of the molecule is CC[Si](CC)(CC)O[C@H]1C[C@@]23OC(c4ccccc4)O[C@H]2[C@@H]2[C@](O)(COC(C)=O)CCC[C@@]2(C)[C@H]2OC(C)(C)O[C@@H]2C(=C1C)C3(C)C. The van der Waals surface area contributed by atoms with Gasteiger partial charge in [-0.3, -0.25) is 4.79 Å². The van der Waals surface area contributed by atoms with Gasteiger partial charge >= 0.3 is 5.97 Å². The third kappa shape index (κ3) is 5.42. The second-order valence-electron chi connectivity index (χ2n) is 16.3. The zero-order valence-electron chi connectivity index (χ0n) is 30.3. The standard InChI is InChI=1S/C38H58O8Si/c1-11-47(12-2,13-3)46-27-22-38-32(42-33(45-38)26-18-15-14-16-19-26)30-36(10,20-17-21-37(30,40)23-41-25(5)39)31-29(43-35(8,9)44-31)28(24(27)4)34(38,6)7/h14-16,18-19,27,29-33,40H,11-13,17,20-23H2,1-10H3/t27-,29+,30-,31-,32-,33?,36+,37+,38+/m0/s1. The van der Waals surface area contributed by atoms with E-state index in [1.165, 1.54) is 18.1 Å². The first-order valence-electron chi connectivity index (χ1n) is 18.0. The second kappa shape index (κ2) is 12.0. The summed E-state index contributed by atoms with van der Waals surface area (Å²) in [4.78, 5) is 12.2. The lowest BCUT2D eigenvalue weighted by atomic mass is 9.46. The Morgan fingerprint density at radius 1 is 0.957 bits per heavy atom. The van der Waals surface area contributed by atoms with E-state index in [0.29, 0.717) is 12.8 Å². The minimum absolute atomic E-state index is 0.115. The Labute approximate surface area is 283 Å². The maximum atomic E-state index is 12.9. The number of hydrogen-bond donors (Lipinski definition) is 1. The van der Waals surface area contributed by atoms with Crippen LogP contribution in [0.25, 0.3) is 0 Å². The van der Waals surface area contributed by atoms with Gasteiger partial charge in [0.05, 0.1) is 18.3 Å². The number of hydrogen-bond acceptors (Lipinski definition) is 8. The zero-order chi connectivity index (χ0) is 34.2. The highest BCUT2D eigenvalue weighted by atomic mass is 28.4. The maximum Gasteiger partial charge on any atom is 0.302 e. The van der Waals surface area contributed by atoms with E-state index in [1.807, 2.05) is 44.2 Å². The second-order valence-corrected chi connectivity index (χ2v) is 21.0. The van der Waals surface area contributed by atoms with Gasteiger partial charge in [0.2, 0.25) is 0 Å². The van der Waals surface area contributed by atoms with Crippen LogP contribution in [-0.2, 0) is 32.9 Å². The Bertz CT molecular complexity index is 1360. The summed E-state index contributed by atoms with van der Waals surface area (Å²) in [6, 6.07) is 13.2. The Balaban J connectivity index is 1.63. The first-order chi connectivity index (χ1) is 22.0. The van der Waals surface area contributed by atoms with Gasteiger partial charge in [-0.2, -0.15) is 0 Å². The molecular weight excluding hydrogens is 612 g/mol. The van der Waals surface area contributed by atoms with Gasteiger partial charge in [-0.1, -0.05) is 71.9 Å². The molecule has 47 heavy (non-hydrogen) atoms. The number of rotatable bonds is 8. The molecule has 1 aromatic carbocycles. The lowest BCUT2D eigenvalue weighted by molar-refractivity contribution is -0.241. The minimum Gasteiger partial charge on any atom is -0.463 e. The molecule has 1 spiro atoms. The van der Waals surface area contributed by atoms with E-state index in [1.54, 1.807) is 0 Å². The molecule has 2 heterocycles. The number of carbonyl (C=O) groups excluding carboxylic acids is 1. The van der Waals surface area contributed by atoms with Crippen molar-refractivity contribution >= 4 is 14.3 Å². The maximum absolute atomic E-state index is 12.9. The summed E-state index contributed by atoms with van der Waals surface area (Å²) in [5.74, 6) is -1.75. The van der Waals surface area contributed by atoms with E-state index < -0.39 is 60.4 Å². The van der Waals surface area contributed by atoms with Crippen LogP contribution in [0.15, 0.2) is 41.5 Å². The molecule has 0 aromatic heterocycles. The van der Waals surface area contributed by atoms with E-state index in [2.05, 4.69) is 48.5 Å². The van der Waals surface area contributed by atoms with Crippen molar-refractivity contribution < 1.29 is 38.0 Å². The van der Waals surface area contributed by atoms with Crippen molar-refractivity contribution in [2.45, 2.75) is 161 Å². The molecule has 2 saturated heterocycles. The van der Waals surface area contributed by atoms with Crippen LogP contribution in [-0.4, -0.2) is 67.4 Å². The van der Waals surface area contributed by atoms with Crippen molar-refractivity contribution in [1.82, 2.24) is 0 Å². The normalized spacial score (nSPS) is 40.6. The molecule has 5 aliphatic rings. The van der Waals surface area contributed by atoms with Crippen molar-refractivity contribution in [1.29, 1.82) is 0 Å². The average Bonchev–Trinajstić information content (AvgIpc) is 3.56. The van der Waals surface area contributed by atoms with Crippen LogP contribution in [0.2, 0.25) is 18.1 Å². The highest BCUT2D eigenvalue weighted by molar-refractivity contribution is 6.73. The monoisotopic (exact) mass is 670 g/mol. The molecule has 3 aliphatic carbocycles. The summed E-state index contributed by atoms with van der Waals surface area (Å²) < 4.78 is 41.7. The Morgan fingerprint density at radius 3 is 2.23 bits per heavy atom. The molecule has 0 radical (unpaired) electrons. The molecule has 9 heteroatoms. The van der Waals surface area contributed by atoms with Gasteiger partial charge in [-0.05, 0) is 69.3 Å². The van der Waals surface area contributed by atoms with Crippen LogP contribution >= 0.6 is 0 Å². The van der Waals surface area contributed by atoms with E-state index >= 15 is 0 Å². The molecule has 2 saturated carbocycles. The lowest BCUT2D eigenvalue weighted by Crippen LogP contribution is -2.72. The fraction of sp³-hybridized carbons (Fsp3) is 0.763. The van der Waals surface area contributed by atoms with Crippen LogP contribution in [0.4, 0.5) is 0 Å². The van der Waals surface area contributed by atoms with Crippen molar-refractivity contribution in [3.63, 3.8) is 0 Å². The number of benzene rings is 1. The predicted octanol–water partition coefficient (Wildman–Crippen LogP) is 7.61. The zero-order valence-corrected chi connectivity index (χ0v) is 31.3. The fourth-order valence-corrected chi connectivity index (χ4v) is 13.2. The number of fused-ring (bicyclic) bond motifs is 6. The Kier molecular flexibility index (Phi) is 9.02. The van der Waals surface area contributed by atoms with Gasteiger partial charge in [-0.15, -0.1) is 0 Å². The van der Waals surface area contributed by atoms with Gasteiger partial charge < -0.3 is 33.2 Å². The molecule has 2 aliphatic heterocycles. The molecular formula is C38H58O8Si. The van der Waals surface area contributed by atoms with E-state index in [0.717, 1.165) is 36.5 Å². The van der Waals surface area contributed by atoms with Crippen molar-refractivity contribution in [3.05, 3.63) is 47.0 Å². The Morgan fingerprint density at radius 2 is 1.62 bits per heavy atom. The number of carbonyl (C=O) groups is 1. The summed E-state index contributed by atoms with van der Waals surface area (Å²) in [7, 11) is -2.07. The first kappa shape index (κ1) is 35.2. The van der Waals surface area contributed by atoms with E-state index in [-0.39, 0.29) is 24.9 Å². The molecule has 2 bridgehead atoms. The third-order valence-corrected chi connectivity index (χ3v) is 17.7. The van der Waals surface area contributed by atoms with Crippen LogP contribution in [0, 0.1) is 16.7 Å². The fourth-order valence-electron chi connectivity index (χ4n) is 10.4. The lowest BCUT2D eigenvalue weighted by Gasteiger charge is -2.63. The van der Waals surface area contributed by atoms with Crippen molar-refractivity contribution in [2.75, 3.05) is 6.61 Å². The van der Waals surface area contributed by atoms with Crippen LogP contribution in [0.3, 0.4) is 0 Å². The highest BCUT2D eigenvalue weighted by Crippen LogP contribution is 2.69. The summed E-state index contributed by atoms with van der Waals surface area (Å²) in [6.45, 7) is 21.0. The van der Waals surface area contributed by atoms with E-state index in [4.69, 9.17) is 28.1 Å². The molecule has 262 valence electrons. The largest absolute Gasteiger partial charge is 0.463 e. The smallest absolute Gasteiger partial charge is 0.302 e. The average molecular weight is 671 g/mol. The first-order valence-corrected chi connectivity index (χ1v) is 20.5. The molecule has 6 rings (SSSR count). The van der Waals surface area contributed by atoms with Crippen LogP contribution in [0.5, 0.6) is 0 Å². The summed E-state index contributed by atoms with van der Waals surface area (Å²) >= 11 is 0. The molecule has 9 atom stereocenters. The molecule has 4 fully saturated rings. The molecule has 1 N–H and O–H groups in total.